The van der Waals surface area contributed by atoms with Crippen LogP contribution in [0.5, 0.6) is 0 Å². The molecule has 3 aromatic heterocycles. The van der Waals surface area contributed by atoms with Crippen LogP contribution in [0.3, 0.4) is 0 Å². The summed E-state index contributed by atoms with van der Waals surface area (Å²) >= 11 is 0. The highest BCUT2D eigenvalue weighted by Crippen LogP contribution is 2.23. The summed E-state index contributed by atoms with van der Waals surface area (Å²) in [5, 5.41) is 4.41. The van der Waals surface area contributed by atoms with Crippen molar-refractivity contribution in [2.45, 2.75) is 13.3 Å². The van der Waals surface area contributed by atoms with Crippen LogP contribution in [0.2, 0.25) is 0 Å². The minimum Gasteiger partial charge on any atom is -0.458 e. The van der Waals surface area contributed by atoms with Gasteiger partial charge in [-0.2, -0.15) is 19.6 Å². The lowest BCUT2D eigenvalue weighted by molar-refractivity contribution is 0.541. The van der Waals surface area contributed by atoms with Gasteiger partial charge in [-0.15, -0.1) is 0 Å². The van der Waals surface area contributed by atoms with Gasteiger partial charge >= 0.3 is 0 Å². The molecule has 0 aliphatic heterocycles. The fraction of sp³-hybridized carbons (Fsp3) is 0.118. The highest BCUT2D eigenvalue weighted by molar-refractivity contribution is 5.59. The molecule has 0 saturated carbocycles. The van der Waals surface area contributed by atoms with Gasteiger partial charge in [0.05, 0.1) is 6.20 Å². The fourth-order valence-electron chi connectivity index (χ4n) is 2.63. The first-order chi connectivity index (χ1) is 11.6. The molecule has 7 heteroatoms. The number of anilines is 2. The number of benzene rings is 1. The van der Waals surface area contributed by atoms with Crippen LogP contribution in [0.1, 0.15) is 16.9 Å². The van der Waals surface area contributed by atoms with Crippen LogP contribution < -0.4 is 11.5 Å². The molecule has 0 bridgehead atoms. The predicted octanol–water partition coefficient (Wildman–Crippen LogP) is 2.45. The van der Waals surface area contributed by atoms with Crippen LogP contribution in [0.15, 0.2) is 47.0 Å². The molecule has 0 unspecified atom stereocenters. The van der Waals surface area contributed by atoms with E-state index in [0.29, 0.717) is 23.7 Å². The Balaban J connectivity index is 1.81. The van der Waals surface area contributed by atoms with Crippen molar-refractivity contribution in [1.29, 1.82) is 0 Å². The summed E-state index contributed by atoms with van der Waals surface area (Å²) in [6.07, 6.45) is 2.45. The van der Waals surface area contributed by atoms with Gasteiger partial charge in [-0.3, -0.25) is 0 Å². The highest BCUT2D eigenvalue weighted by Gasteiger charge is 2.16. The zero-order chi connectivity index (χ0) is 16.7. The number of hydrogen-bond acceptors (Lipinski definition) is 6. The summed E-state index contributed by atoms with van der Waals surface area (Å²) in [7, 11) is 0. The summed E-state index contributed by atoms with van der Waals surface area (Å²) < 4.78 is 7.31. The smallest absolute Gasteiger partial charge is 0.224 e. The minimum absolute atomic E-state index is 0.186. The molecule has 0 fully saturated rings. The molecule has 4 rings (SSSR count). The Bertz CT molecular complexity index is 1020. The van der Waals surface area contributed by atoms with E-state index in [-0.39, 0.29) is 5.95 Å². The maximum absolute atomic E-state index is 5.89. The zero-order valence-electron chi connectivity index (χ0n) is 13.1. The molecule has 0 aliphatic carbocycles. The number of hydrogen-bond donors (Lipinski definition) is 2. The average molecular weight is 320 g/mol. The van der Waals surface area contributed by atoms with Gasteiger partial charge in [0.2, 0.25) is 11.8 Å². The van der Waals surface area contributed by atoms with Crippen molar-refractivity contribution in [1.82, 2.24) is 19.6 Å². The van der Waals surface area contributed by atoms with E-state index < -0.39 is 0 Å². The Hall–Kier alpha value is -3.35. The van der Waals surface area contributed by atoms with Crippen molar-refractivity contribution in [2.75, 3.05) is 11.5 Å². The van der Waals surface area contributed by atoms with Gasteiger partial charge in [0.25, 0.3) is 0 Å². The van der Waals surface area contributed by atoms with Gasteiger partial charge in [-0.25, -0.2) is 0 Å². The number of nitrogens with zero attached hydrogens (tertiary/aromatic N) is 4. The number of nitrogen functional groups attached to an aromatic ring is 2. The molecule has 120 valence electrons. The van der Waals surface area contributed by atoms with Crippen LogP contribution in [0.4, 0.5) is 11.6 Å². The zero-order valence-corrected chi connectivity index (χ0v) is 13.1. The number of nitrogens with two attached hydrogens (primary N) is 2. The first kappa shape index (κ1) is 14.3. The summed E-state index contributed by atoms with van der Waals surface area (Å²) in [5.41, 5.74) is 15.1. The van der Waals surface area contributed by atoms with E-state index >= 15 is 0 Å². The van der Waals surface area contributed by atoms with E-state index in [2.05, 4.69) is 15.1 Å². The van der Waals surface area contributed by atoms with E-state index in [9.17, 15) is 0 Å². The Morgan fingerprint density at radius 3 is 2.54 bits per heavy atom. The van der Waals surface area contributed by atoms with Crippen molar-refractivity contribution < 1.29 is 4.42 Å². The first-order valence-corrected chi connectivity index (χ1v) is 7.51. The largest absolute Gasteiger partial charge is 0.458 e. The molecule has 7 nitrogen and oxygen atoms in total. The molecular formula is C17H16N6O. The number of fused-ring (bicyclic) bond motifs is 1. The Kier molecular flexibility index (Phi) is 3.19. The van der Waals surface area contributed by atoms with Crippen molar-refractivity contribution in [2.24, 2.45) is 0 Å². The lowest BCUT2D eigenvalue weighted by atomic mass is 10.1. The average Bonchev–Trinajstić information content (AvgIpc) is 3.16. The summed E-state index contributed by atoms with van der Waals surface area (Å²) in [6, 6.07) is 11.4. The van der Waals surface area contributed by atoms with Crippen LogP contribution >= 0.6 is 0 Å². The lowest BCUT2D eigenvalue weighted by Crippen LogP contribution is -2.05. The molecule has 0 amide bonds. The van der Waals surface area contributed by atoms with E-state index in [1.54, 1.807) is 10.7 Å². The Labute approximate surface area is 137 Å². The van der Waals surface area contributed by atoms with Gasteiger partial charge < -0.3 is 15.9 Å². The quantitative estimate of drug-likeness (QED) is 0.561. The lowest BCUT2D eigenvalue weighted by Gasteiger charge is -2.04. The third-order valence-corrected chi connectivity index (χ3v) is 3.79. The summed E-state index contributed by atoms with van der Waals surface area (Å²) in [6.45, 7) is 1.88. The standard InChI is InChI=1S/C17H16N6O/c1-10-2-7-14(24-10)16-22-17(19)21-15-12(9-20-23(15)16)8-11-3-5-13(18)6-4-11/h2-7,9H,8,18H2,1H3,(H2,19,21). The molecule has 4 aromatic rings. The summed E-state index contributed by atoms with van der Waals surface area (Å²) in [5.74, 6) is 2.12. The molecule has 0 radical (unpaired) electrons. The Morgan fingerprint density at radius 2 is 1.83 bits per heavy atom. The predicted molar refractivity (Wildman–Crippen MR) is 91.3 cm³/mol. The molecule has 1 aromatic carbocycles. The molecule has 24 heavy (non-hydrogen) atoms. The summed E-state index contributed by atoms with van der Waals surface area (Å²) in [4.78, 5) is 8.62. The number of aryl methyl sites for hydroxylation is 1. The first-order valence-electron chi connectivity index (χ1n) is 7.51. The molecule has 0 saturated heterocycles. The molecule has 0 atom stereocenters. The molecule has 4 N–H and O–H groups in total. The van der Waals surface area contributed by atoms with Gasteiger partial charge in [0, 0.05) is 17.7 Å². The van der Waals surface area contributed by atoms with Crippen LogP contribution in [-0.4, -0.2) is 19.6 Å². The van der Waals surface area contributed by atoms with Crippen molar-refractivity contribution in [3.63, 3.8) is 0 Å². The second-order valence-electron chi connectivity index (χ2n) is 5.64. The second-order valence-corrected chi connectivity index (χ2v) is 5.64. The highest BCUT2D eigenvalue weighted by atomic mass is 16.3. The topological polar surface area (TPSA) is 108 Å². The third kappa shape index (κ3) is 2.45. The fourth-order valence-corrected chi connectivity index (χ4v) is 2.63. The molecule has 0 spiro atoms. The molecular weight excluding hydrogens is 304 g/mol. The van der Waals surface area contributed by atoms with E-state index in [1.807, 2.05) is 43.3 Å². The van der Waals surface area contributed by atoms with Crippen LogP contribution in [0, 0.1) is 6.92 Å². The van der Waals surface area contributed by atoms with Crippen molar-refractivity contribution >= 4 is 17.3 Å². The molecule has 3 heterocycles. The van der Waals surface area contributed by atoms with E-state index in [4.69, 9.17) is 15.9 Å². The number of furan rings is 1. The third-order valence-electron chi connectivity index (χ3n) is 3.79. The van der Waals surface area contributed by atoms with Gasteiger partial charge in [0.15, 0.2) is 11.4 Å². The monoisotopic (exact) mass is 320 g/mol. The van der Waals surface area contributed by atoms with Crippen LogP contribution in [-0.2, 0) is 6.42 Å². The minimum atomic E-state index is 0.186. The number of rotatable bonds is 3. The van der Waals surface area contributed by atoms with Gasteiger partial charge in [0.1, 0.15) is 5.76 Å². The molecule has 0 aliphatic rings. The van der Waals surface area contributed by atoms with Crippen molar-refractivity contribution in [3.05, 3.63) is 59.5 Å². The maximum atomic E-state index is 5.89. The Morgan fingerprint density at radius 1 is 1.04 bits per heavy atom. The SMILES string of the molecule is Cc1ccc(-c2nc(N)nc3c(Cc4ccc(N)cc4)cnn23)o1. The van der Waals surface area contributed by atoms with Gasteiger partial charge in [-0.1, -0.05) is 12.1 Å². The van der Waals surface area contributed by atoms with E-state index in [0.717, 1.165) is 22.6 Å². The maximum Gasteiger partial charge on any atom is 0.224 e. The van der Waals surface area contributed by atoms with Crippen molar-refractivity contribution in [3.8, 4) is 11.6 Å². The number of aromatic nitrogens is 4. The van der Waals surface area contributed by atoms with E-state index in [1.165, 1.54) is 0 Å². The second kappa shape index (κ2) is 5.38. The normalized spacial score (nSPS) is 11.2. The van der Waals surface area contributed by atoms with Gasteiger partial charge in [-0.05, 0) is 36.8 Å². The van der Waals surface area contributed by atoms with Crippen LogP contribution in [0.25, 0.3) is 17.2 Å².